The number of carbonyl (C=O) groups is 2. The maximum Gasteiger partial charge on any atom is 0.243 e. The molecule has 1 aromatic carbocycles. The van der Waals surface area contributed by atoms with Gasteiger partial charge >= 0.3 is 0 Å². The number of hydrogen-bond donors (Lipinski definition) is 1. The highest BCUT2D eigenvalue weighted by Gasteiger charge is 2.35. The highest BCUT2D eigenvalue weighted by Crippen LogP contribution is 2.27. The molecule has 8 heteroatoms. The minimum Gasteiger partial charge on any atom is -0.352 e. The summed E-state index contributed by atoms with van der Waals surface area (Å²) in [4.78, 5) is 26.0. The molecule has 1 fully saturated rings. The van der Waals surface area contributed by atoms with E-state index in [0.717, 1.165) is 0 Å². The van der Waals surface area contributed by atoms with E-state index >= 15 is 0 Å². The number of nitrogens with one attached hydrogen (secondary N) is 1. The minimum atomic E-state index is -3.53. The lowest BCUT2D eigenvalue weighted by Crippen LogP contribution is -2.33. The van der Waals surface area contributed by atoms with Gasteiger partial charge in [-0.25, -0.2) is 8.42 Å². The van der Waals surface area contributed by atoms with Gasteiger partial charge in [-0.15, -0.1) is 6.58 Å². The molecule has 26 heavy (non-hydrogen) atoms. The van der Waals surface area contributed by atoms with Crippen LogP contribution < -0.4 is 10.2 Å². The van der Waals surface area contributed by atoms with Crippen LogP contribution in [0.4, 0.5) is 5.69 Å². The smallest absolute Gasteiger partial charge is 0.243 e. The Bertz CT molecular complexity index is 770. The second kappa shape index (κ2) is 8.46. The lowest BCUT2D eigenvalue weighted by molar-refractivity contribution is -0.126. The number of rotatable bonds is 8. The minimum absolute atomic E-state index is 0.141. The van der Waals surface area contributed by atoms with Crippen molar-refractivity contribution in [3.05, 3.63) is 36.9 Å². The highest BCUT2D eigenvalue weighted by molar-refractivity contribution is 7.89. The fourth-order valence-electron chi connectivity index (χ4n) is 2.96. The van der Waals surface area contributed by atoms with Gasteiger partial charge in [0.25, 0.3) is 0 Å². The molecule has 0 spiro atoms. The standard InChI is InChI=1S/C18H25N3O4S/c1-4-11-19-18(23)14-12-17(22)21(13-14)15-7-9-16(10-8-15)26(24,25)20(5-2)6-3/h4,7-10,14H,1,5-6,11-13H2,2-3H3,(H,19,23). The average molecular weight is 379 g/mol. The summed E-state index contributed by atoms with van der Waals surface area (Å²) in [5, 5.41) is 2.70. The molecule has 1 N–H and O–H groups in total. The molecule has 2 rings (SSSR count). The molecule has 1 atom stereocenters. The van der Waals surface area contributed by atoms with Crippen LogP contribution in [-0.2, 0) is 19.6 Å². The van der Waals surface area contributed by atoms with Gasteiger partial charge in [0, 0.05) is 38.3 Å². The maximum absolute atomic E-state index is 12.5. The molecular weight excluding hydrogens is 354 g/mol. The van der Waals surface area contributed by atoms with Crippen LogP contribution >= 0.6 is 0 Å². The second-order valence-electron chi connectivity index (χ2n) is 6.02. The van der Waals surface area contributed by atoms with Gasteiger partial charge in [0.1, 0.15) is 0 Å². The summed E-state index contributed by atoms with van der Waals surface area (Å²) in [6.07, 6.45) is 1.73. The Balaban J connectivity index is 2.15. The first-order valence-corrected chi connectivity index (χ1v) is 10.1. The van der Waals surface area contributed by atoms with Crippen molar-refractivity contribution in [2.75, 3.05) is 31.1 Å². The van der Waals surface area contributed by atoms with E-state index in [1.165, 1.54) is 21.3 Å². The first kappa shape index (κ1) is 20.1. The van der Waals surface area contributed by atoms with E-state index in [4.69, 9.17) is 0 Å². The Labute approximate surface area is 154 Å². The monoisotopic (exact) mass is 379 g/mol. The molecule has 1 unspecified atom stereocenters. The van der Waals surface area contributed by atoms with E-state index in [9.17, 15) is 18.0 Å². The SMILES string of the molecule is C=CCNC(=O)C1CC(=O)N(c2ccc(S(=O)(=O)N(CC)CC)cc2)C1. The van der Waals surface area contributed by atoms with E-state index in [2.05, 4.69) is 11.9 Å². The Morgan fingerprint density at radius 1 is 1.31 bits per heavy atom. The first-order chi connectivity index (χ1) is 12.3. The van der Waals surface area contributed by atoms with Crippen LogP contribution in [-0.4, -0.2) is 50.7 Å². The fraction of sp³-hybridized carbons (Fsp3) is 0.444. The summed E-state index contributed by atoms with van der Waals surface area (Å²) in [5.74, 6) is -0.744. The predicted molar refractivity (Wildman–Crippen MR) is 100 cm³/mol. The van der Waals surface area contributed by atoms with E-state index in [1.807, 2.05) is 0 Å². The second-order valence-corrected chi connectivity index (χ2v) is 7.96. The molecule has 1 saturated heterocycles. The molecule has 0 bridgehead atoms. The Morgan fingerprint density at radius 3 is 2.46 bits per heavy atom. The maximum atomic E-state index is 12.5. The van der Waals surface area contributed by atoms with Crippen LogP contribution in [0.3, 0.4) is 0 Å². The lowest BCUT2D eigenvalue weighted by atomic mass is 10.1. The van der Waals surface area contributed by atoms with E-state index in [-0.39, 0.29) is 29.7 Å². The number of carbonyl (C=O) groups excluding carboxylic acids is 2. The summed E-state index contributed by atoms with van der Waals surface area (Å²) in [7, 11) is -3.53. The molecular formula is C18H25N3O4S. The quantitative estimate of drug-likeness (QED) is 0.691. The zero-order valence-electron chi connectivity index (χ0n) is 15.1. The Morgan fingerprint density at radius 2 is 1.92 bits per heavy atom. The topological polar surface area (TPSA) is 86.8 Å². The number of hydrogen-bond acceptors (Lipinski definition) is 4. The molecule has 1 aliphatic rings. The van der Waals surface area contributed by atoms with Crippen LogP contribution in [0.1, 0.15) is 20.3 Å². The normalized spacial score (nSPS) is 17.6. The van der Waals surface area contributed by atoms with Gasteiger partial charge in [-0.05, 0) is 24.3 Å². The number of benzene rings is 1. The third-order valence-corrected chi connectivity index (χ3v) is 6.47. The third kappa shape index (κ3) is 4.13. The molecule has 7 nitrogen and oxygen atoms in total. The van der Waals surface area contributed by atoms with Crippen LogP contribution in [0.2, 0.25) is 0 Å². The summed E-state index contributed by atoms with van der Waals surface area (Å²) >= 11 is 0. The van der Waals surface area contributed by atoms with Crippen molar-refractivity contribution in [3.63, 3.8) is 0 Å². The average Bonchev–Trinajstić information content (AvgIpc) is 3.02. The van der Waals surface area contributed by atoms with Crippen LogP contribution in [0.25, 0.3) is 0 Å². The first-order valence-electron chi connectivity index (χ1n) is 8.64. The van der Waals surface area contributed by atoms with Crippen molar-refractivity contribution in [3.8, 4) is 0 Å². The molecule has 0 radical (unpaired) electrons. The summed E-state index contributed by atoms with van der Waals surface area (Å²) in [5.41, 5.74) is 0.590. The van der Waals surface area contributed by atoms with Crippen molar-refractivity contribution in [2.45, 2.75) is 25.2 Å². The van der Waals surface area contributed by atoms with Crippen molar-refractivity contribution in [1.82, 2.24) is 9.62 Å². The van der Waals surface area contributed by atoms with Gasteiger partial charge in [-0.2, -0.15) is 4.31 Å². The van der Waals surface area contributed by atoms with Gasteiger partial charge in [0.15, 0.2) is 0 Å². The zero-order valence-corrected chi connectivity index (χ0v) is 16.0. The van der Waals surface area contributed by atoms with E-state index in [1.54, 1.807) is 32.1 Å². The van der Waals surface area contributed by atoms with Gasteiger partial charge in [-0.1, -0.05) is 19.9 Å². The molecule has 1 aromatic rings. The zero-order chi connectivity index (χ0) is 19.3. The molecule has 142 valence electrons. The van der Waals surface area contributed by atoms with Gasteiger partial charge < -0.3 is 10.2 Å². The van der Waals surface area contributed by atoms with Gasteiger partial charge in [0.05, 0.1) is 10.8 Å². The molecule has 1 heterocycles. The van der Waals surface area contributed by atoms with E-state index < -0.39 is 15.9 Å². The summed E-state index contributed by atoms with van der Waals surface area (Å²) < 4.78 is 26.4. The highest BCUT2D eigenvalue weighted by atomic mass is 32.2. The van der Waals surface area contributed by atoms with Crippen molar-refractivity contribution >= 4 is 27.5 Å². The number of anilines is 1. The van der Waals surface area contributed by atoms with Crippen molar-refractivity contribution in [1.29, 1.82) is 0 Å². The summed E-state index contributed by atoms with van der Waals surface area (Å²) in [6, 6.07) is 6.22. The fourth-order valence-corrected chi connectivity index (χ4v) is 4.42. The molecule has 1 aliphatic heterocycles. The van der Waals surface area contributed by atoms with Crippen LogP contribution in [0.5, 0.6) is 0 Å². The van der Waals surface area contributed by atoms with Crippen LogP contribution in [0, 0.1) is 5.92 Å². The molecule has 2 amide bonds. The predicted octanol–water partition coefficient (Wildman–Crippen LogP) is 1.37. The summed E-state index contributed by atoms with van der Waals surface area (Å²) in [6.45, 7) is 8.56. The van der Waals surface area contributed by atoms with Crippen LogP contribution in [0.15, 0.2) is 41.8 Å². The molecule has 0 aromatic heterocycles. The van der Waals surface area contributed by atoms with Crippen molar-refractivity contribution < 1.29 is 18.0 Å². The largest absolute Gasteiger partial charge is 0.352 e. The van der Waals surface area contributed by atoms with E-state index in [0.29, 0.717) is 25.3 Å². The number of amides is 2. The molecule has 0 aliphatic carbocycles. The van der Waals surface area contributed by atoms with Gasteiger partial charge in [-0.3, -0.25) is 9.59 Å². The Hall–Kier alpha value is -2.19. The number of sulfonamides is 1. The lowest BCUT2D eigenvalue weighted by Gasteiger charge is -2.20. The van der Waals surface area contributed by atoms with Gasteiger partial charge in [0.2, 0.25) is 21.8 Å². The van der Waals surface area contributed by atoms with Crippen molar-refractivity contribution in [2.24, 2.45) is 5.92 Å². The number of nitrogens with zero attached hydrogens (tertiary/aromatic N) is 2. The Kier molecular flexibility index (Phi) is 6.55. The third-order valence-electron chi connectivity index (χ3n) is 4.41. The molecule has 0 saturated carbocycles.